The van der Waals surface area contributed by atoms with E-state index in [-0.39, 0.29) is 22.9 Å². The van der Waals surface area contributed by atoms with E-state index < -0.39 is 5.60 Å². The number of hydrogen-bond donors (Lipinski definition) is 4. The predicted molar refractivity (Wildman–Crippen MR) is 115 cm³/mol. The lowest BCUT2D eigenvalue weighted by molar-refractivity contribution is -0.207. The number of ether oxygens (including phenoxy) is 1. The molecule has 4 saturated carbocycles. The van der Waals surface area contributed by atoms with Gasteiger partial charge in [0.1, 0.15) is 0 Å². The van der Waals surface area contributed by atoms with E-state index in [1.807, 2.05) is 0 Å². The van der Waals surface area contributed by atoms with Gasteiger partial charge in [0.05, 0.1) is 18.3 Å². The maximum atomic E-state index is 12.1. The lowest BCUT2D eigenvalue weighted by Crippen LogP contribution is -2.62. The summed E-state index contributed by atoms with van der Waals surface area (Å²) in [7, 11) is 0. The van der Waals surface area contributed by atoms with Gasteiger partial charge in [-0.3, -0.25) is 5.41 Å². The van der Waals surface area contributed by atoms with Gasteiger partial charge in [0.15, 0.2) is 5.90 Å². The van der Waals surface area contributed by atoms with Crippen molar-refractivity contribution in [1.29, 1.82) is 5.41 Å². The third kappa shape index (κ3) is 3.27. The summed E-state index contributed by atoms with van der Waals surface area (Å²) < 4.78 is 5.83. The highest BCUT2D eigenvalue weighted by Crippen LogP contribution is 2.69. The number of rotatable bonds is 5. The molecular weight excluding hydrogens is 364 g/mol. The molecule has 8 atom stereocenters. The summed E-state index contributed by atoms with van der Waals surface area (Å²) in [6.45, 7) is 5.91. The molecule has 0 aromatic heterocycles. The minimum atomic E-state index is -0.683. The third-order valence-corrected chi connectivity index (χ3v) is 10.00. The fraction of sp³-hybridized carbons (Fsp3) is 0.958. The smallest absolute Gasteiger partial charge is 0.184 e. The van der Waals surface area contributed by atoms with Crippen LogP contribution in [-0.4, -0.2) is 41.0 Å². The van der Waals surface area contributed by atoms with Gasteiger partial charge in [-0.15, -0.1) is 0 Å². The fourth-order valence-electron chi connectivity index (χ4n) is 8.15. The Morgan fingerprint density at radius 3 is 2.59 bits per heavy atom. The quantitative estimate of drug-likeness (QED) is 0.316. The summed E-state index contributed by atoms with van der Waals surface area (Å²) in [5.41, 5.74) is 4.88. The molecule has 0 amide bonds. The third-order valence-electron chi connectivity index (χ3n) is 10.00. The molecule has 5 heteroatoms. The lowest BCUT2D eigenvalue weighted by Gasteiger charge is -2.63. The molecule has 0 spiro atoms. The Bertz CT molecular complexity index is 627. The van der Waals surface area contributed by atoms with Gasteiger partial charge in [-0.2, -0.15) is 0 Å². The monoisotopic (exact) mass is 406 g/mol. The molecule has 4 aliphatic rings. The van der Waals surface area contributed by atoms with Crippen LogP contribution >= 0.6 is 0 Å². The Morgan fingerprint density at radius 2 is 1.83 bits per heavy atom. The molecule has 0 aromatic carbocycles. The Hall–Kier alpha value is -0.650. The van der Waals surface area contributed by atoms with Crippen molar-refractivity contribution in [2.24, 2.45) is 40.2 Å². The fourth-order valence-corrected chi connectivity index (χ4v) is 8.15. The molecule has 0 saturated heterocycles. The van der Waals surface area contributed by atoms with E-state index in [2.05, 4.69) is 13.8 Å². The first-order valence-corrected chi connectivity index (χ1v) is 12.1. The Balaban J connectivity index is 1.51. The van der Waals surface area contributed by atoms with Crippen LogP contribution in [0.2, 0.25) is 0 Å². The van der Waals surface area contributed by atoms with Crippen LogP contribution in [0, 0.1) is 39.9 Å². The first-order valence-electron chi connectivity index (χ1n) is 12.1. The van der Waals surface area contributed by atoms with Gasteiger partial charge in [-0.25, -0.2) is 0 Å². The van der Waals surface area contributed by atoms with Crippen molar-refractivity contribution in [3.8, 4) is 0 Å². The zero-order valence-electron chi connectivity index (χ0n) is 18.5. The molecule has 166 valence electrons. The second-order valence-corrected chi connectivity index (χ2v) is 11.1. The van der Waals surface area contributed by atoms with E-state index in [4.69, 9.17) is 15.9 Å². The Morgan fingerprint density at radius 1 is 1.03 bits per heavy atom. The zero-order chi connectivity index (χ0) is 20.9. The maximum Gasteiger partial charge on any atom is 0.184 e. The van der Waals surface area contributed by atoms with Crippen molar-refractivity contribution in [2.75, 3.05) is 13.2 Å². The summed E-state index contributed by atoms with van der Waals surface area (Å²) in [5.74, 6) is 1.89. The van der Waals surface area contributed by atoms with Crippen LogP contribution in [0.1, 0.15) is 84.5 Å². The van der Waals surface area contributed by atoms with Crippen LogP contribution in [0.5, 0.6) is 0 Å². The van der Waals surface area contributed by atoms with Gasteiger partial charge >= 0.3 is 0 Å². The summed E-state index contributed by atoms with van der Waals surface area (Å²) in [6.07, 6.45) is 10.6. The SMILES string of the molecule is C[C@]12CC[C@H](O)C[C@H]1CC[C@@H]1[C@@H]2CC[C@]2(C)[C@@H](C(=N)OCCCCN)CC[C@]12O. The van der Waals surface area contributed by atoms with E-state index in [0.717, 1.165) is 70.6 Å². The minimum Gasteiger partial charge on any atom is -0.481 e. The first kappa shape index (κ1) is 21.6. The molecule has 5 nitrogen and oxygen atoms in total. The maximum absolute atomic E-state index is 12.1. The summed E-state index contributed by atoms with van der Waals surface area (Å²) >= 11 is 0. The normalized spacial score (nSPS) is 49.1. The Labute approximate surface area is 176 Å². The highest BCUT2D eigenvalue weighted by atomic mass is 16.5. The average Bonchev–Trinajstić information content (AvgIpc) is 2.97. The number of hydrogen-bond acceptors (Lipinski definition) is 5. The van der Waals surface area contributed by atoms with Gasteiger partial charge < -0.3 is 20.7 Å². The first-order chi connectivity index (χ1) is 13.8. The van der Waals surface area contributed by atoms with E-state index in [9.17, 15) is 10.2 Å². The molecule has 0 bridgehead atoms. The molecule has 29 heavy (non-hydrogen) atoms. The van der Waals surface area contributed by atoms with Gasteiger partial charge in [-0.05, 0) is 100 Å². The second-order valence-electron chi connectivity index (χ2n) is 11.1. The predicted octanol–water partition coefficient (Wildman–Crippen LogP) is 3.85. The molecule has 0 aliphatic heterocycles. The van der Waals surface area contributed by atoms with E-state index in [0.29, 0.717) is 36.8 Å². The molecule has 0 radical (unpaired) electrons. The molecule has 4 fully saturated rings. The number of nitrogens with one attached hydrogen (secondary N) is 1. The second kappa shape index (κ2) is 7.80. The van der Waals surface area contributed by atoms with E-state index in [1.54, 1.807) is 0 Å². The number of unbranched alkanes of at least 4 members (excludes halogenated alkanes) is 1. The van der Waals surface area contributed by atoms with Crippen molar-refractivity contribution in [1.82, 2.24) is 0 Å². The summed E-state index contributed by atoms with van der Waals surface area (Å²) in [4.78, 5) is 0. The molecular formula is C24H42N2O3. The standard InChI is InChI=1S/C24H42N2O3/c1-22-10-7-17(27)15-16(22)5-6-19-18(22)8-11-23(2)20(9-12-24(19,23)28)21(26)29-14-4-3-13-25/h16-20,26-28H,3-15,25H2,1-2H3/t16-,17+,18+,19-,20-,22+,23-,24+/m1/s1. The highest BCUT2D eigenvalue weighted by molar-refractivity contribution is 5.77. The van der Waals surface area contributed by atoms with Crippen LogP contribution < -0.4 is 5.73 Å². The molecule has 0 aromatic rings. The molecule has 4 rings (SSSR count). The molecule has 0 heterocycles. The van der Waals surface area contributed by atoms with Crippen molar-refractivity contribution >= 4 is 5.90 Å². The van der Waals surface area contributed by atoms with Crippen LogP contribution in [0.25, 0.3) is 0 Å². The summed E-state index contributed by atoms with van der Waals surface area (Å²) in [5, 5.41) is 30.9. The largest absolute Gasteiger partial charge is 0.481 e. The molecule has 4 aliphatic carbocycles. The van der Waals surface area contributed by atoms with Crippen molar-refractivity contribution in [3.63, 3.8) is 0 Å². The number of aliphatic hydroxyl groups excluding tert-OH is 1. The van der Waals surface area contributed by atoms with Gasteiger partial charge in [0.25, 0.3) is 0 Å². The molecule has 0 unspecified atom stereocenters. The highest BCUT2D eigenvalue weighted by Gasteiger charge is 2.68. The summed E-state index contributed by atoms with van der Waals surface area (Å²) in [6, 6.07) is 0. The topological polar surface area (TPSA) is 99.6 Å². The van der Waals surface area contributed by atoms with Gasteiger partial charge in [0, 0.05) is 11.3 Å². The number of nitrogens with two attached hydrogens (primary N) is 1. The Kier molecular flexibility index (Phi) is 5.80. The number of fused-ring (bicyclic) bond motifs is 5. The minimum absolute atomic E-state index is 0.0324. The molecule has 5 N–H and O–H groups in total. The van der Waals surface area contributed by atoms with Crippen molar-refractivity contribution in [2.45, 2.75) is 96.2 Å². The lowest BCUT2D eigenvalue weighted by atomic mass is 9.43. The van der Waals surface area contributed by atoms with Crippen LogP contribution in [0.3, 0.4) is 0 Å². The van der Waals surface area contributed by atoms with Crippen LogP contribution in [0.4, 0.5) is 0 Å². The zero-order valence-corrected chi connectivity index (χ0v) is 18.5. The number of aliphatic hydroxyl groups is 2. The van der Waals surface area contributed by atoms with E-state index >= 15 is 0 Å². The van der Waals surface area contributed by atoms with E-state index in [1.165, 1.54) is 0 Å². The van der Waals surface area contributed by atoms with Gasteiger partial charge in [0.2, 0.25) is 0 Å². The average molecular weight is 407 g/mol. The van der Waals surface area contributed by atoms with Crippen LogP contribution in [0.15, 0.2) is 0 Å². The van der Waals surface area contributed by atoms with Crippen molar-refractivity contribution in [3.05, 3.63) is 0 Å². The van der Waals surface area contributed by atoms with Gasteiger partial charge in [-0.1, -0.05) is 13.8 Å². The van der Waals surface area contributed by atoms with Crippen molar-refractivity contribution < 1.29 is 14.9 Å². The van der Waals surface area contributed by atoms with Crippen LogP contribution in [-0.2, 0) is 4.74 Å².